The highest BCUT2D eigenvalue weighted by molar-refractivity contribution is 5.87. The van der Waals surface area contributed by atoms with Crippen LogP contribution in [-0.2, 0) is 44.6 Å². The van der Waals surface area contributed by atoms with E-state index in [-0.39, 0.29) is 49.1 Å². The molecule has 0 radical (unpaired) electrons. The molecule has 0 spiro atoms. The van der Waals surface area contributed by atoms with E-state index in [2.05, 4.69) is 10.2 Å². The molecule has 304 valence electrons. The molecule has 53 heavy (non-hydrogen) atoms. The molecule has 1 aromatic carbocycles. The van der Waals surface area contributed by atoms with Crippen molar-refractivity contribution in [1.29, 1.82) is 0 Å². The van der Waals surface area contributed by atoms with Crippen molar-refractivity contribution in [1.82, 2.24) is 20.0 Å². The number of likely N-dealkylation sites (N-methyl/N-ethyl adjacent to an activating group) is 2. The Morgan fingerprint density at radius 1 is 0.906 bits per heavy atom. The van der Waals surface area contributed by atoms with Crippen LogP contribution in [0.5, 0.6) is 0 Å². The van der Waals surface area contributed by atoms with Gasteiger partial charge in [0.05, 0.1) is 56.9 Å². The summed E-state index contributed by atoms with van der Waals surface area (Å²) in [5.41, 5.74) is 0.888. The van der Waals surface area contributed by atoms with Crippen molar-refractivity contribution in [3.8, 4) is 0 Å². The molecule has 6 unspecified atom stereocenters. The molecule has 0 heterocycles. The number of nitrogens with two attached hydrogens (primary N) is 1. The van der Waals surface area contributed by atoms with Gasteiger partial charge in [-0.05, 0) is 37.3 Å². The molecule has 0 aliphatic carbocycles. The quantitative estimate of drug-likeness (QED) is 0.0651. The number of carbonyl (C=O) groups excluding carboxylic acids is 3. The first kappa shape index (κ1) is 47.9. The molecule has 0 aliphatic rings. The Hall–Kier alpha value is -3.14. The van der Waals surface area contributed by atoms with Crippen molar-refractivity contribution in [3.05, 3.63) is 35.9 Å². The molecule has 14 heteroatoms. The molecule has 0 aromatic heterocycles. The number of hydrogen-bond acceptors (Lipinski definition) is 10. The summed E-state index contributed by atoms with van der Waals surface area (Å²) in [5.74, 6) is 1.81. The Morgan fingerprint density at radius 2 is 1.57 bits per heavy atom. The SMILES string of the molecule is CCCCN(C(=O)CC(OC)[C@H](C(C)CC)N(C)C(=O)CNC(=O)C(C(C)C)N(C)CCOCCON)C(OC)C(C)C(Cc1ccccc1)C(=O)O. The number of hydrogen-bond donors (Lipinski definition) is 3. The number of carboxylic acids is 1. The average Bonchev–Trinajstić information content (AvgIpc) is 3.13. The lowest BCUT2D eigenvalue weighted by Crippen LogP contribution is -2.55. The van der Waals surface area contributed by atoms with Gasteiger partial charge in [0.2, 0.25) is 17.7 Å². The van der Waals surface area contributed by atoms with Crippen LogP contribution >= 0.6 is 0 Å². The summed E-state index contributed by atoms with van der Waals surface area (Å²) in [5, 5.41) is 13.1. The lowest BCUT2D eigenvalue weighted by molar-refractivity contribution is -0.162. The Bertz CT molecular complexity index is 1210. The zero-order valence-electron chi connectivity index (χ0n) is 33.9. The highest BCUT2D eigenvalue weighted by Gasteiger charge is 2.40. The highest BCUT2D eigenvalue weighted by Crippen LogP contribution is 2.28. The van der Waals surface area contributed by atoms with Crippen molar-refractivity contribution in [2.24, 2.45) is 29.6 Å². The molecular formula is C39H69N5O9. The van der Waals surface area contributed by atoms with Gasteiger partial charge in [-0.15, -0.1) is 0 Å². The average molecular weight is 752 g/mol. The number of amides is 3. The molecule has 1 rings (SSSR count). The second kappa shape index (κ2) is 25.8. The predicted octanol–water partition coefficient (Wildman–Crippen LogP) is 3.42. The van der Waals surface area contributed by atoms with E-state index in [1.165, 1.54) is 14.2 Å². The van der Waals surface area contributed by atoms with Crippen molar-refractivity contribution in [2.45, 2.75) is 98.1 Å². The fraction of sp³-hybridized carbons (Fsp3) is 0.744. The van der Waals surface area contributed by atoms with E-state index in [1.807, 2.05) is 83.8 Å². The summed E-state index contributed by atoms with van der Waals surface area (Å²) in [6, 6.07) is 8.44. The number of benzene rings is 1. The fourth-order valence-electron chi connectivity index (χ4n) is 6.91. The van der Waals surface area contributed by atoms with Gasteiger partial charge < -0.3 is 39.3 Å². The topological polar surface area (TPSA) is 173 Å². The van der Waals surface area contributed by atoms with Gasteiger partial charge >= 0.3 is 5.97 Å². The van der Waals surface area contributed by atoms with Gasteiger partial charge in [-0.25, -0.2) is 5.90 Å². The monoisotopic (exact) mass is 752 g/mol. The minimum Gasteiger partial charge on any atom is -0.481 e. The largest absolute Gasteiger partial charge is 0.481 e. The Kier molecular flexibility index (Phi) is 23.3. The van der Waals surface area contributed by atoms with Gasteiger partial charge in [0.15, 0.2) is 0 Å². The van der Waals surface area contributed by atoms with Gasteiger partial charge in [0.1, 0.15) is 6.23 Å². The summed E-state index contributed by atoms with van der Waals surface area (Å²) in [6.45, 7) is 13.4. The number of carboxylic acid groups (broad SMARTS) is 1. The summed E-state index contributed by atoms with van der Waals surface area (Å²) >= 11 is 0. The maximum Gasteiger partial charge on any atom is 0.307 e. The number of carbonyl (C=O) groups is 4. The first-order chi connectivity index (χ1) is 25.2. The number of unbranched alkanes of at least 4 members (excludes halogenated alkanes) is 1. The lowest BCUT2D eigenvalue weighted by atomic mass is 9.86. The Labute approximate surface area is 317 Å². The maximum atomic E-state index is 14.3. The van der Waals surface area contributed by atoms with Crippen LogP contribution in [0.15, 0.2) is 30.3 Å². The minimum atomic E-state index is -0.959. The van der Waals surface area contributed by atoms with E-state index in [9.17, 15) is 24.3 Å². The molecule has 0 fully saturated rings. The molecular weight excluding hydrogens is 682 g/mol. The van der Waals surface area contributed by atoms with Gasteiger partial charge in [0, 0.05) is 40.3 Å². The minimum absolute atomic E-state index is 0.0321. The molecule has 0 saturated carbocycles. The number of methoxy groups -OCH3 is 2. The van der Waals surface area contributed by atoms with E-state index < -0.39 is 42.2 Å². The van der Waals surface area contributed by atoms with Crippen molar-refractivity contribution < 1.29 is 43.3 Å². The summed E-state index contributed by atoms with van der Waals surface area (Å²) in [7, 11) is 6.53. The summed E-state index contributed by atoms with van der Waals surface area (Å²) < 4.78 is 17.4. The second-order valence-corrected chi connectivity index (χ2v) is 14.3. The smallest absolute Gasteiger partial charge is 0.307 e. The normalized spacial score (nSPS) is 15.6. The third-order valence-corrected chi connectivity index (χ3v) is 10.2. The maximum absolute atomic E-state index is 14.3. The number of aliphatic carboxylic acids is 1. The van der Waals surface area contributed by atoms with Crippen molar-refractivity contribution in [3.63, 3.8) is 0 Å². The summed E-state index contributed by atoms with van der Waals surface area (Å²) in [6.07, 6.45) is 0.979. The zero-order chi connectivity index (χ0) is 40.1. The summed E-state index contributed by atoms with van der Waals surface area (Å²) in [4.78, 5) is 63.5. The van der Waals surface area contributed by atoms with E-state index >= 15 is 0 Å². The van der Waals surface area contributed by atoms with Crippen LogP contribution in [0.25, 0.3) is 0 Å². The third-order valence-electron chi connectivity index (χ3n) is 10.2. The Morgan fingerprint density at radius 3 is 2.09 bits per heavy atom. The van der Waals surface area contributed by atoms with Crippen molar-refractivity contribution >= 4 is 23.7 Å². The molecule has 0 saturated heterocycles. The number of nitrogens with zero attached hydrogens (tertiary/aromatic N) is 3. The van der Waals surface area contributed by atoms with Crippen LogP contribution < -0.4 is 11.2 Å². The molecule has 1 aromatic rings. The van der Waals surface area contributed by atoms with E-state index in [4.69, 9.17) is 20.1 Å². The molecule has 14 nitrogen and oxygen atoms in total. The van der Waals surface area contributed by atoms with Crippen LogP contribution in [0.4, 0.5) is 0 Å². The molecule has 0 aliphatic heterocycles. The van der Waals surface area contributed by atoms with Crippen LogP contribution in [0.2, 0.25) is 0 Å². The second-order valence-electron chi connectivity index (χ2n) is 14.3. The first-order valence-corrected chi connectivity index (χ1v) is 18.9. The molecule has 7 atom stereocenters. The number of nitrogens with one attached hydrogen (secondary N) is 1. The van der Waals surface area contributed by atoms with Crippen LogP contribution in [-0.4, -0.2) is 136 Å². The fourth-order valence-corrected chi connectivity index (χ4v) is 6.91. The highest BCUT2D eigenvalue weighted by atomic mass is 16.6. The molecule has 3 amide bonds. The van der Waals surface area contributed by atoms with E-state index in [1.54, 1.807) is 16.8 Å². The van der Waals surface area contributed by atoms with Gasteiger partial charge in [0.25, 0.3) is 0 Å². The van der Waals surface area contributed by atoms with Crippen molar-refractivity contribution in [2.75, 3.05) is 67.8 Å². The van der Waals surface area contributed by atoms with E-state index in [0.29, 0.717) is 45.6 Å². The molecule has 4 N–H and O–H groups in total. The van der Waals surface area contributed by atoms with Gasteiger partial charge in [-0.3, -0.25) is 24.1 Å². The van der Waals surface area contributed by atoms with Crippen LogP contribution in [0.1, 0.15) is 72.8 Å². The number of rotatable bonds is 28. The first-order valence-electron chi connectivity index (χ1n) is 18.9. The standard InChI is InChI=1S/C39H69N5O9/c1-11-13-19-44(38(51-10)29(6)31(39(48)49)24-30-17-15-14-16-18-30)33(45)25-32(50-9)36(28(5)12-2)43(8)34(46)26-41-37(47)35(27(3)4)42(7)20-21-52-22-23-53-40/h14-18,27-29,31-32,35-36,38H,11-13,19-26,40H2,1-10H3,(H,41,47)(H,48,49)/t28?,29?,31?,32?,35?,36-,38?/m0/s1. The predicted molar refractivity (Wildman–Crippen MR) is 205 cm³/mol. The number of ether oxygens (including phenoxy) is 3. The zero-order valence-corrected chi connectivity index (χ0v) is 33.9. The van der Waals surface area contributed by atoms with Crippen LogP contribution in [0, 0.1) is 23.7 Å². The van der Waals surface area contributed by atoms with Gasteiger partial charge in [-0.2, -0.15) is 0 Å². The van der Waals surface area contributed by atoms with Gasteiger partial charge in [-0.1, -0.05) is 84.7 Å². The van der Waals surface area contributed by atoms with E-state index in [0.717, 1.165) is 12.0 Å². The Balaban J connectivity index is 3.20. The third kappa shape index (κ3) is 15.6. The molecule has 0 bridgehead atoms. The van der Waals surface area contributed by atoms with Crippen LogP contribution in [0.3, 0.4) is 0 Å². The lowest BCUT2D eigenvalue weighted by Gasteiger charge is -2.40.